The first-order valence-corrected chi connectivity index (χ1v) is 4.88. The average Bonchev–Trinajstić information content (AvgIpc) is 2.58. The number of hydrogen-bond donors (Lipinski definition) is 2. The smallest absolute Gasteiger partial charge is 0.0434 e. The van der Waals surface area contributed by atoms with Gasteiger partial charge in [0.25, 0.3) is 0 Å². The van der Waals surface area contributed by atoms with Gasteiger partial charge < -0.3 is 10.1 Å². The summed E-state index contributed by atoms with van der Waals surface area (Å²) in [7, 11) is 0. The molecule has 0 bridgehead atoms. The fraction of sp³-hybridized carbons (Fsp3) is 0.455. The first kappa shape index (κ1) is 8.57. The highest BCUT2D eigenvalue weighted by Crippen LogP contribution is 2.22. The van der Waals surface area contributed by atoms with E-state index in [1.807, 2.05) is 0 Å². The fourth-order valence-corrected chi connectivity index (χ4v) is 1.88. The normalized spacial score (nSPS) is 14.5. The van der Waals surface area contributed by atoms with Gasteiger partial charge in [0.2, 0.25) is 0 Å². The summed E-state index contributed by atoms with van der Waals surface area (Å²) in [5.74, 6) is 0. The minimum Gasteiger partial charge on any atom is -0.396 e. The van der Waals surface area contributed by atoms with Crippen LogP contribution in [0.15, 0.2) is 12.3 Å². The molecular weight excluding hydrogens is 162 g/mol. The Morgan fingerprint density at radius 2 is 2.38 bits per heavy atom. The fourth-order valence-electron chi connectivity index (χ4n) is 1.88. The third kappa shape index (κ3) is 1.68. The van der Waals surface area contributed by atoms with Crippen LogP contribution >= 0.6 is 0 Å². The number of aromatic nitrogens is 1. The molecule has 0 radical (unpaired) electrons. The number of fused-ring (bicyclic) bond motifs is 1. The van der Waals surface area contributed by atoms with Crippen LogP contribution in [0, 0.1) is 0 Å². The largest absolute Gasteiger partial charge is 0.396 e. The van der Waals surface area contributed by atoms with E-state index in [-0.39, 0.29) is 6.61 Å². The van der Waals surface area contributed by atoms with Gasteiger partial charge in [0.15, 0.2) is 0 Å². The minimum absolute atomic E-state index is 0.287. The number of nitrogens with one attached hydrogen (secondary N) is 1. The molecule has 0 amide bonds. The Kier molecular flexibility index (Phi) is 2.50. The van der Waals surface area contributed by atoms with Crippen molar-refractivity contribution < 1.29 is 5.11 Å². The zero-order chi connectivity index (χ0) is 9.10. The van der Waals surface area contributed by atoms with Crippen LogP contribution in [0.1, 0.15) is 29.7 Å². The van der Waals surface area contributed by atoms with Crippen molar-refractivity contribution in [1.29, 1.82) is 0 Å². The second-order valence-electron chi connectivity index (χ2n) is 3.47. The first-order chi connectivity index (χ1) is 6.42. The highest BCUT2D eigenvalue weighted by atomic mass is 16.2. The van der Waals surface area contributed by atoms with Crippen molar-refractivity contribution >= 4 is 6.08 Å². The summed E-state index contributed by atoms with van der Waals surface area (Å²) in [6, 6.07) is 0. The lowest BCUT2D eigenvalue weighted by Crippen LogP contribution is -1.96. The zero-order valence-corrected chi connectivity index (χ0v) is 7.71. The molecule has 2 nitrogen and oxygen atoms in total. The number of aliphatic hydroxyl groups excluding tert-OH is 1. The highest BCUT2D eigenvalue weighted by Gasteiger charge is 2.10. The number of H-pyrrole nitrogens is 1. The van der Waals surface area contributed by atoms with Crippen LogP contribution in [-0.2, 0) is 12.8 Å². The van der Waals surface area contributed by atoms with Gasteiger partial charge >= 0.3 is 0 Å². The molecule has 2 N–H and O–H groups in total. The zero-order valence-electron chi connectivity index (χ0n) is 7.71. The maximum atomic E-state index is 8.74. The van der Waals surface area contributed by atoms with Crippen molar-refractivity contribution in [3.63, 3.8) is 0 Å². The van der Waals surface area contributed by atoms with Crippen molar-refractivity contribution in [2.45, 2.75) is 25.7 Å². The molecule has 1 aromatic heterocycles. The second-order valence-corrected chi connectivity index (χ2v) is 3.47. The molecule has 0 saturated heterocycles. The predicted octanol–water partition coefficient (Wildman–Crippen LogP) is 1.90. The molecule has 2 heteroatoms. The predicted molar refractivity (Wildman–Crippen MR) is 53.6 cm³/mol. The molecule has 0 fully saturated rings. The van der Waals surface area contributed by atoms with Crippen molar-refractivity contribution in [2.24, 2.45) is 0 Å². The molecule has 0 spiro atoms. The molecule has 1 aliphatic carbocycles. The minimum atomic E-state index is 0.287. The summed E-state index contributed by atoms with van der Waals surface area (Å²) < 4.78 is 0. The van der Waals surface area contributed by atoms with E-state index in [9.17, 15) is 0 Å². The molecular formula is C11H15NO. The Morgan fingerprint density at radius 3 is 3.23 bits per heavy atom. The van der Waals surface area contributed by atoms with Gasteiger partial charge in [0.05, 0.1) is 0 Å². The Hall–Kier alpha value is -1.02. The Balaban J connectivity index is 2.18. The van der Waals surface area contributed by atoms with Crippen molar-refractivity contribution in [3.05, 3.63) is 29.1 Å². The van der Waals surface area contributed by atoms with Gasteiger partial charge in [-0.3, -0.25) is 0 Å². The molecule has 0 unspecified atom stereocenters. The maximum Gasteiger partial charge on any atom is 0.0434 e. The first-order valence-electron chi connectivity index (χ1n) is 4.88. The molecule has 0 saturated carbocycles. The number of aliphatic hydroxyl groups is 1. The van der Waals surface area contributed by atoms with E-state index in [4.69, 9.17) is 5.11 Å². The van der Waals surface area contributed by atoms with Gasteiger partial charge in [-0.25, -0.2) is 0 Å². The van der Waals surface area contributed by atoms with Crippen LogP contribution in [0.3, 0.4) is 0 Å². The Labute approximate surface area is 78.3 Å². The van der Waals surface area contributed by atoms with Gasteiger partial charge in [0.1, 0.15) is 0 Å². The highest BCUT2D eigenvalue weighted by molar-refractivity contribution is 5.55. The topological polar surface area (TPSA) is 36.0 Å². The van der Waals surface area contributed by atoms with Crippen molar-refractivity contribution in [3.8, 4) is 0 Å². The van der Waals surface area contributed by atoms with Gasteiger partial charge in [0, 0.05) is 18.5 Å². The summed E-state index contributed by atoms with van der Waals surface area (Å²) >= 11 is 0. The van der Waals surface area contributed by atoms with E-state index >= 15 is 0 Å². The third-order valence-electron chi connectivity index (χ3n) is 2.56. The van der Waals surface area contributed by atoms with E-state index < -0.39 is 0 Å². The third-order valence-corrected chi connectivity index (χ3v) is 2.56. The lowest BCUT2D eigenvalue weighted by Gasteiger charge is -2.07. The SMILES string of the molecule is OCCCc1c[nH]c2c1CCC=C2. The summed E-state index contributed by atoms with van der Waals surface area (Å²) in [5, 5.41) is 8.74. The second kappa shape index (κ2) is 3.79. The number of aromatic amines is 1. The van der Waals surface area contributed by atoms with Crippen LogP contribution in [-0.4, -0.2) is 16.7 Å². The Morgan fingerprint density at radius 1 is 1.46 bits per heavy atom. The van der Waals surface area contributed by atoms with Crippen molar-refractivity contribution in [2.75, 3.05) is 6.61 Å². The quantitative estimate of drug-likeness (QED) is 0.726. The van der Waals surface area contributed by atoms with E-state index in [0.29, 0.717) is 0 Å². The number of rotatable bonds is 3. The maximum absolute atomic E-state index is 8.74. The van der Waals surface area contributed by atoms with E-state index in [1.165, 1.54) is 16.8 Å². The van der Waals surface area contributed by atoms with Crippen LogP contribution in [0.4, 0.5) is 0 Å². The van der Waals surface area contributed by atoms with Gasteiger partial charge in [-0.15, -0.1) is 0 Å². The molecule has 70 valence electrons. The number of aryl methyl sites for hydroxylation is 1. The Bertz CT molecular complexity index is 312. The average molecular weight is 177 g/mol. The standard InChI is InChI=1S/C11H15NO/c13-7-3-4-9-8-12-11-6-2-1-5-10(9)11/h2,6,8,12-13H,1,3-5,7H2. The van der Waals surface area contributed by atoms with E-state index in [2.05, 4.69) is 23.3 Å². The van der Waals surface area contributed by atoms with Crippen LogP contribution in [0.25, 0.3) is 6.08 Å². The van der Waals surface area contributed by atoms with Gasteiger partial charge in [-0.05, 0) is 42.9 Å². The monoisotopic (exact) mass is 177 g/mol. The lowest BCUT2D eigenvalue weighted by atomic mass is 9.98. The molecule has 0 aromatic carbocycles. The number of hydrogen-bond acceptors (Lipinski definition) is 1. The number of allylic oxidation sites excluding steroid dienone is 1. The van der Waals surface area contributed by atoms with Crippen LogP contribution in [0.2, 0.25) is 0 Å². The summed E-state index contributed by atoms with van der Waals surface area (Å²) in [4.78, 5) is 3.27. The molecule has 1 aliphatic rings. The molecule has 1 aromatic rings. The molecule has 1 heterocycles. The summed E-state index contributed by atoms with van der Waals surface area (Å²) in [6.45, 7) is 0.287. The van der Waals surface area contributed by atoms with Crippen molar-refractivity contribution in [1.82, 2.24) is 4.98 Å². The molecule has 2 rings (SSSR count). The van der Waals surface area contributed by atoms with Crippen LogP contribution in [0.5, 0.6) is 0 Å². The lowest BCUT2D eigenvalue weighted by molar-refractivity contribution is 0.288. The summed E-state index contributed by atoms with van der Waals surface area (Å²) in [5.41, 5.74) is 4.10. The molecule has 0 atom stereocenters. The van der Waals surface area contributed by atoms with E-state index in [1.54, 1.807) is 0 Å². The van der Waals surface area contributed by atoms with E-state index in [0.717, 1.165) is 25.7 Å². The summed E-state index contributed by atoms with van der Waals surface area (Å²) in [6.07, 6.45) is 10.6. The molecule has 13 heavy (non-hydrogen) atoms. The van der Waals surface area contributed by atoms with Gasteiger partial charge in [-0.1, -0.05) is 6.08 Å². The molecule has 0 aliphatic heterocycles. The van der Waals surface area contributed by atoms with Crippen LogP contribution < -0.4 is 0 Å². The van der Waals surface area contributed by atoms with Gasteiger partial charge in [-0.2, -0.15) is 0 Å².